The van der Waals surface area contributed by atoms with Gasteiger partial charge >= 0.3 is 12.1 Å². The van der Waals surface area contributed by atoms with E-state index in [9.17, 15) is 14.0 Å². The molecule has 0 aliphatic carbocycles. The lowest BCUT2D eigenvalue weighted by Crippen LogP contribution is -2.41. The quantitative estimate of drug-likeness (QED) is 0.434. The summed E-state index contributed by atoms with van der Waals surface area (Å²) in [6.07, 6.45) is 2.83. The Balaban J connectivity index is 1.73. The van der Waals surface area contributed by atoms with Gasteiger partial charge in [0.25, 0.3) is 0 Å². The van der Waals surface area contributed by atoms with E-state index in [0.29, 0.717) is 22.6 Å². The van der Waals surface area contributed by atoms with Gasteiger partial charge in [0, 0.05) is 25.7 Å². The highest BCUT2D eigenvalue weighted by Crippen LogP contribution is 2.25. The molecule has 188 valence electrons. The molecule has 1 unspecified atom stereocenters. The summed E-state index contributed by atoms with van der Waals surface area (Å²) in [4.78, 5) is 44.0. The van der Waals surface area contributed by atoms with Crippen LogP contribution in [0.4, 0.5) is 15.0 Å². The Morgan fingerprint density at radius 1 is 1.26 bits per heavy atom. The number of hydrogen-bond donors (Lipinski definition) is 1. The number of methoxy groups -OCH3 is 1. The summed E-state index contributed by atoms with van der Waals surface area (Å²) in [7, 11) is 1.31. The zero-order chi connectivity index (χ0) is 25.6. The highest BCUT2D eigenvalue weighted by Gasteiger charge is 2.26. The van der Waals surface area contributed by atoms with Gasteiger partial charge in [0.1, 0.15) is 28.1 Å². The lowest BCUT2D eigenvalue weighted by atomic mass is 10.1. The van der Waals surface area contributed by atoms with Gasteiger partial charge in [0.2, 0.25) is 0 Å². The smallest absolute Gasteiger partial charge is 0.410 e. The number of carbonyl (C=O) groups excluding carboxylic acids is 2. The summed E-state index contributed by atoms with van der Waals surface area (Å²) in [5.41, 5.74) is 0.140. The number of nitrogens with zero attached hydrogens (tertiary/aromatic N) is 5. The number of ether oxygens (including phenoxy) is 2. The largest absolute Gasteiger partial charge is 0.469 e. The van der Waals surface area contributed by atoms with Gasteiger partial charge in [-0.15, -0.1) is 0 Å². The first kappa shape index (κ1) is 26.2. The van der Waals surface area contributed by atoms with Crippen LogP contribution in [0.25, 0.3) is 10.3 Å². The predicted octanol–water partition coefficient (Wildman–Crippen LogP) is 3.82. The van der Waals surface area contributed by atoms with Crippen molar-refractivity contribution < 1.29 is 23.5 Å². The van der Waals surface area contributed by atoms with Crippen LogP contribution in [0.15, 0.2) is 24.7 Å². The molecule has 0 aromatic carbocycles. The van der Waals surface area contributed by atoms with Crippen molar-refractivity contribution in [3.05, 3.63) is 41.2 Å². The number of anilines is 1. The number of amides is 1. The number of pyridine rings is 1. The first-order chi connectivity index (χ1) is 16.6. The van der Waals surface area contributed by atoms with Crippen molar-refractivity contribution in [2.75, 3.05) is 25.5 Å². The molecule has 0 spiro atoms. The minimum Gasteiger partial charge on any atom is -0.469 e. The lowest BCUT2D eigenvalue weighted by Gasteiger charge is -2.28. The minimum absolute atomic E-state index is 0.142. The van der Waals surface area contributed by atoms with Crippen molar-refractivity contribution in [1.29, 1.82) is 0 Å². The zero-order valence-electron chi connectivity index (χ0n) is 20.4. The molecule has 0 aliphatic rings. The number of hydrogen-bond acceptors (Lipinski definition) is 10. The summed E-state index contributed by atoms with van der Waals surface area (Å²) in [5.74, 6) is -0.871. The van der Waals surface area contributed by atoms with Gasteiger partial charge < -0.3 is 19.7 Å². The first-order valence-electron chi connectivity index (χ1n) is 11.1. The van der Waals surface area contributed by atoms with E-state index in [1.807, 2.05) is 0 Å². The second-order valence-electron chi connectivity index (χ2n) is 8.87. The molecule has 0 saturated heterocycles. The number of rotatable bonds is 9. The van der Waals surface area contributed by atoms with Crippen LogP contribution in [0.2, 0.25) is 0 Å². The van der Waals surface area contributed by atoms with Gasteiger partial charge in [0.05, 0.1) is 30.3 Å². The normalized spacial score (nSPS) is 12.3. The van der Waals surface area contributed by atoms with Crippen molar-refractivity contribution in [3.63, 3.8) is 0 Å². The number of fused-ring (bicyclic) bond motifs is 1. The van der Waals surface area contributed by atoms with E-state index in [0.717, 1.165) is 5.01 Å². The Morgan fingerprint density at radius 3 is 2.71 bits per heavy atom. The van der Waals surface area contributed by atoms with Crippen LogP contribution in [-0.2, 0) is 27.2 Å². The molecule has 0 fully saturated rings. The molecule has 1 N–H and O–H groups in total. The fourth-order valence-corrected chi connectivity index (χ4v) is 4.06. The number of carbonyl (C=O) groups is 2. The standard InChI is InChI=1S/C23H29FN6O4S/c1-14(21(31)33-5)12-30(22(32)34-23(2,3)4)10-8-17-29-18-19(27-13-28-20(18)35-17)26-11-16-15(24)7-6-9-25-16/h6-7,9,13-14H,8,10-12H2,1-5H3,(H,26,27,28). The monoisotopic (exact) mass is 504 g/mol. The number of halogens is 1. The van der Waals surface area contributed by atoms with Crippen molar-refractivity contribution in [1.82, 2.24) is 24.8 Å². The molecular weight excluding hydrogens is 475 g/mol. The highest BCUT2D eigenvalue weighted by atomic mass is 32.1. The summed E-state index contributed by atoms with van der Waals surface area (Å²) >= 11 is 1.37. The molecule has 3 rings (SSSR count). The molecule has 3 aromatic rings. The van der Waals surface area contributed by atoms with E-state index in [-0.39, 0.29) is 25.3 Å². The predicted molar refractivity (Wildman–Crippen MR) is 129 cm³/mol. The molecule has 3 aromatic heterocycles. The SMILES string of the molecule is COC(=O)C(C)CN(CCc1nc2c(NCc3ncccc3F)ncnc2s1)C(=O)OC(C)(C)C. The van der Waals surface area contributed by atoms with Crippen LogP contribution in [0.5, 0.6) is 0 Å². The van der Waals surface area contributed by atoms with E-state index in [4.69, 9.17) is 9.47 Å². The van der Waals surface area contributed by atoms with Gasteiger partial charge in [-0.3, -0.25) is 9.78 Å². The lowest BCUT2D eigenvalue weighted by molar-refractivity contribution is -0.145. The molecule has 3 heterocycles. The molecule has 0 aliphatic heterocycles. The maximum atomic E-state index is 13.9. The van der Waals surface area contributed by atoms with E-state index in [1.165, 1.54) is 48.0 Å². The Kier molecular flexibility index (Phi) is 8.49. The minimum atomic E-state index is -0.678. The van der Waals surface area contributed by atoms with E-state index < -0.39 is 29.4 Å². The molecule has 1 atom stereocenters. The average molecular weight is 505 g/mol. The summed E-state index contributed by atoms with van der Waals surface area (Å²) in [6.45, 7) is 7.61. The maximum absolute atomic E-state index is 13.9. The molecular formula is C23H29FN6O4S. The summed E-state index contributed by atoms with van der Waals surface area (Å²) in [6, 6.07) is 2.87. The fraction of sp³-hybridized carbons (Fsp3) is 0.478. The van der Waals surface area contributed by atoms with E-state index in [1.54, 1.807) is 27.7 Å². The maximum Gasteiger partial charge on any atom is 0.410 e. The van der Waals surface area contributed by atoms with Gasteiger partial charge in [-0.05, 0) is 32.9 Å². The summed E-state index contributed by atoms with van der Waals surface area (Å²) < 4.78 is 24.2. The number of thiazole rings is 1. The van der Waals surface area contributed by atoms with E-state index in [2.05, 4.69) is 25.3 Å². The van der Waals surface area contributed by atoms with Gasteiger partial charge in [0.15, 0.2) is 5.82 Å². The topological polar surface area (TPSA) is 119 Å². The van der Waals surface area contributed by atoms with Crippen molar-refractivity contribution in [2.24, 2.45) is 5.92 Å². The van der Waals surface area contributed by atoms with Crippen LogP contribution >= 0.6 is 11.3 Å². The number of aromatic nitrogens is 4. The molecule has 10 nitrogen and oxygen atoms in total. The van der Waals surface area contributed by atoms with Crippen molar-refractivity contribution in [3.8, 4) is 0 Å². The Morgan fingerprint density at radius 2 is 2.03 bits per heavy atom. The Labute approximate surface area is 206 Å². The third-order valence-corrected chi connectivity index (χ3v) is 5.87. The molecule has 0 bridgehead atoms. The Hall–Kier alpha value is -3.41. The van der Waals surface area contributed by atoms with Crippen LogP contribution < -0.4 is 5.32 Å². The third kappa shape index (κ3) is 7.28. The Bertz CT molecular complexity index is 1180. The number of esters is 1. The third-order valence-electron chi connectivity index (χ3n) is 4.84. The second kappa shape index (κ2) is 11.3. The van der Waals surface area contributed by atoms with Gasteiger partial charge in [-0.2, -0.15) is 0 Å². The van der Waals surface area contributed by atoms with Crippen molar-refractivity contribution in [2.45, 2.75) is 46.3 Å². The van der Waals surface area contributed by atoms with Crippen molar-refractivity contribution >= 4 is 39.6 Å². The van der Waals surface area contributed by atoms with Crippen LogP contribution in [0.3, 0.4) is 0 Å². The molecule has 35 heavy (non-hydrogen) atoms. The van der Waals surface area contributed by atoms with Crippen LogP contribution in [0.1, 0.15) is 38.4 Å². The molecule has 1 amide bonds. The highest BCUT2D eigenvalue weighted by molar-refractivity contribution is 7.18. The number of nitrogens with one attached hydrogen (secondary N) is 1. The molecule has 0 saturated carbocycles. The van der Waals surface area contributed by atoms with E-state index >= 15 is 0 Å². The van der Waals surface area contributed by atoms with Crippen LogP contribution in [-0.4, -0.2) is 62.7 Å². The van der Waals surface area contributed by atoms with Crippen LogP contribution in [0, 0.1) is 11.7 Å². The molecule has 12 heteroatoms. The molecule has 0 radical (unpaired) electrons. The fourth-order valence-electron chi connectivity index (χ4n) is 3.17. The zero-order valence-corrected chi connectivity index (χ0v) is 21.2. The van der Waals surface area contributed by atoms with Gasteiger partial charge in [-0.25, -0.2) is 24.1 Å². The first-order valence-corrected chi connectivity index (χ1v) is 11.9. The van der Waals surface area contributed by atoms with Gasteiger partial charge in [-0.1, -0.05) is 18.3 Å². The summed E-state index contributed by atoms with van der Waals surface area (Å²) in [5, 5.41) is 3.80. The average Bonchev–Trinajstić information content (AvgIpc) is 3.23. The second-order valence-corrected chi connectivity index (χ2v) is 9.93.